The maximum atomic E-state index is 10.3. The summed E-state index contributed by atoms with van der Waals surface area (Å²) in [6.07, 6.45) is 1.55. The van der Waals surface area contributed by atoms with E-state index in [1.54, 1.807) is 0 Å². The molecule has 0 atom stereocenters. The number of nitriles is 1. The predicted octanol–water partition coefficient (Wildman–Crippen LogP) is 0.293. The number of nitrogens with zero attached hydrogens (tertiary/aromatic N) is 1. The molecule has 0 saturated heterocycles. The second-order valence-electron chi connectivity index (χ2n) is 1.88. The molecule has 4 heteroatoms. The van der Waals surface area contributed by atoms with Gasteiger partial charge in [-0.3, -0.25) is 0 Å². The highest BCUT2D eigenvalue weighted by Gasteiger charge is 2.04. The Labute approximate surface area is 64.4 Å². The van der Waals surface area contributed by atoms with E-state index in [4.69, 9.17) is 15.5 Å². The highest BCUT2D eigenvalue weighted by molar-refractivity contribution is 5.86. The van der Waals surface area contributed by atoms with E-state index >= 15 is 0 Å². The van der Waals surface area contributed by atoms with Crippen molar-refractivity contribution in [2.24, 2.45) is 0 Å². The standard InChI is InChI=1S/C7H9NO3/c8-4-1-2-6(3-5-9)7(10)11/h3,9H,1-2,5H2,(H,10,11). The zero-order valence-electron chi connectivity index (χ0n) is 5.95. The van der Waals surface area contributed by atoms with Crippen LogP contribution in [0.4, 0.5) is 0 Å². The monoisotopic (exact) mass is 155 g/mol. The molecule has 0 aromatic carbocycles. The number of rotatable bonds is 4. The molecule has 0 amide bonds. The lowest BCUT2D eigenvalue weighted by molar-refractivity contribution is -0.132. The molecule has 2 N–H and O–H groups in total. The van der Waals surface area contributed by atoms with Crippen molar-refractivity contribution in [3.63, 3.8) is 0 Å². The molecule has 11 heavy (non-hydrogen) atoms. The van der Waals surface area contributed by atoms with Crippen LogP contribution in [0.5, 0.6) is 0 Å². The first-order valence-electron chi connectivity index (χ1n) is 3.12. The summed E-state index contributed by atoms with van der Waals surface area (Å²) in [5.41, 5.74) is 0.0917. The quantitative estimate of drug-likeness (QED) is 0.572. The molecule has 4 nitrogen and oxygen atoms in total. The van der Waals surface area contributed by atoms with E-state index in [2.05, 4.69) is 0 Å². The lowest BCUT2D eigenvalue weighted by Gasteiger charge is -1.95. The largest absolute Gasteiger partial charge is 0.478 e. The Morgan fingerprint density at radius 2 is 2.27 bits per heavy atom. The zero-order valence-corrected chi connectivity index (χ0v) is 5.95. The van der Waals surface area contributed by atoms with Gasteiger partial charge < -0.3 is 10.2 Å². The molecular weight excluding hydrogens is 146 g/mol. The van der Waals surface area contributed by atoms with Gasteiger partial charge in [0.1, 0.15) is 0 Å². The van der Waals surface area contributed by atoms with Crippen molar-refractivity contribution in [2.45, 2.75) is 12.8 Å². The number of carboxylic acids is 1. The first-order chi connectivity index (χ1) is 5.22. The maximum Gasteiger partial charge on any atom is 0.331 e. The van der Waals surface area contributed by atoms with Crippen LogP contribution >= 0.6 is 0 Å². The summed E-state index contributed by atoms with van der Waals surface area (Å²) in [5.74, 6) is -1.07. The van der Waals surface area contributed by atoms with Crippen LogP contribution in [0.25, 0.3) is 0 Å². The molecule has 60 valence electrons. The van der Waals surface area contributed by atoms with Gasteiger partial charge in [-0.2, -0.15) is 5.26 Å². The van der Waals surface area contributed by atoms with E-state index in [1.165, 1.54) is 6.08 Å². The summed E-state index contributed by atoms with van der Waals surface area (Å²) in [7, 11) is 0. The predicted molar refractivity (Wildman–Crippen MR) is 37.7 cm³/mol. The second kappa shape index (κ2) is 5.45. The Bertz CT molecular complexity index is 202. The molecule has 0 heterocycles. The summed E-state index contributed by atoms with van der Waals surface area (Å²) in [6, 6.07) is 1.83. The van der Waals surface area contributed by atoms with E-state index in [0.717, 1.165) is 0 Å². The molecule has 0 aliphatic heterocycles. The average Bonchev–Trinajstić information content (AvgIpc) is 1.97. The SMILES string of the molecule is N#CCCC(=CCO)C(=O)O. The number of hydrogen-bond donors (Lipinski definition) is 2. The highest BCUT2D eigenvalue weighted by atomic mass is 16.4. The summed E-state index contributed by atoms with van der Waals surface area (Å²) in [6.45, 7) is -0.299. The van der Waals surface area contributed by atoms with Crippen molar-refractivity contribution < 1.29 is 15.0 Å². The number of carboxylic acid groups (broad SMARTS) is 1. The molecule has 0 unspecified atom stereocenters. The van der Waals surface area contributed by atoms with Crippen molar-refractivity contribution in [3.8, 4) is 6.07 Å². The van der Waals surface area contributed by atoms with Crippen LogP contribution in [0.2, 0.25) is 0 Å². The Morgan fingerprint density at radius 3 is 2.64 bits per heavy atom. The van der Waals surface area contributed by atoms with Crippen molar-refractivity contribution in [3.05, 3.63) is 11.6 Å². The smallest absolute Gasteiger partial charge is 0.331 e. The third-order valence-electron chi connectivity index (χ3n) is 1.12. The molecule has 0 spiro atoms. The van der Waals surface area contributed by atoms with Crippen molar-refractivity contribution in [1.29, 1.82) is 5.26 Å². The van der Waals surface area contributed by atoms with Gasteiger partial charge in [0.25, 0.3) is 0 Å². The zero-order chi connectivity index (χ0) is 8.69. The van der Waals surface area contributed by atoms with Gasteiger partial charge in [0.15, 0.2) is 0 Å². The van der Waals surface area contributed by atoms with Gasteiger partial charge >= 0.3 is 5.97 Å². The lowest BCUT2D eigenvalue weighted by atomic mass is 10.1. The van der Waals surface area contributed by atoms with E-state index in [-0.39, 0.29) is 25.0 Å². The molecule has 0 aliphatic rings. The molecule has 0 bridgehead atoms. The molecule has 0 radical (unpaired) electrons. The van der Waals surface area contributed by atoms with Gasteiger partial charge in [-0.1, -0.05) is 0 Å². The summed E-state index contributed by atoms with van der Waals surface area (Å²) >= 11 is 0. The number of aliphatic hydroxyl groups is 1. The van der Waals surface area contributed by atoms with Crippen LogP contribution in [0.3, 0.4) is 0 Å². The Morgan fingerprint density at radius 1 is 1.64 bits per heavy atom. The third-order valence-corrected chi connectivity index (χ3v) is 1.12. The van der Waals surface area contributed by atoms with Crippen LogP contribution in [-0.2, 0) is 4.79 Å². The molecule has 0 aromatic rings. The first-order valence-corrected chi connectivity index (χ1v) is 3.12. The topological polar surface area (TPSA) is 81.3 Å². The fourth-order valence-electron chi connectivity index (χ4n) is 0.597. The van der Waals surface area contributed by atoms with Crippen molar-refractivity contribution >= 4 is 5.97 Å². The maximum absolute atomic E-state index is 10.3. The molecular formula is C7H9NO3. The van der Waals surface area contributed by atoms with Crippen LogP contribution in [0, 0.1) is 11.3 Å². The first kappa shape index (κ1) is 9.66. The van der Waals surface area contributed by atoms with Crippen LogP contribution in [0.1, 0.15) is 12.8 Å². The summed E-state index contributed by atoms with van der Waals surface area (Å²) < 4.78 is 0. The highest BCUT2D eigenvalue weighted by Crippen LogP contribution is 2.03. The van der Waals surface area contributed by atoms with E-state index in [9.17, 15) is 4.79 Å². The second-order valence-corrected chi connectivity index (χ2v) is 1.88. The molecule has 0 aromatic heterocycles. The van der Waals surface area contributed by atoms with E-state index in [0.29, 0.717) is 0 Å². The molecule has 0 rings (SSSR count). The number of carbonyl (C=O) groups is 1. The van der Waals surface area contributed by atoms with Gasteiger partial charge in [-0.15, -0.1) is 0 Å². The number of hydrogen-bond acceptors (Lipinski definition) is 3. The van der Waals surface area contributed by atoms with Gasteiger partial charge in [-0.05, 0) is 12.5 Å². The van der Waals surface area contributed by atoms with Gasteiger partial charge in [0, 0.05) is 12.0 Å². The minimum Gasteiger partial charge on any atom is -0.478 e. The third kappa shape index (κ3) is 4.12. The summed E-state index contributed by atoms with van der Waals surface area (Å²) in [4.78, 5) is 10.3. The Hall–Kier alpha value is -1.34. The lowest BCUT2D eigenvalue weighted by Crippen LogP contribution is -2.01. The van der Waals surface area contributed by atoms with Gasteiger partial charge in [0.2, 0.25) is 0 Å². The van der Waals surface area contributed by atoms with Crippen LogP contribution in [0.15, 0.2) is 11.6 Å². The normalized spacial score (nSPS) is 10.7. The summed E-state index contributed by atoms with van der Waals surface area (Å²) in [5, 5.41) is 24.9. The van der Waals surface area contributed by atoms with E-state index < -0.39 is 5.97 Å². The minimum atomic E-state index is -1.07. The van der Waals surface area contributed by atoms with Crippen LogP contribution < -0.4 is 0 Å². The minimum absolute atomic E-state index is 0.0917. The Balaban J connectivity index is 4.03. The van der Waals surface area contributed by atoms with Gasteiger partial charge in [0.05, 0.1) is 12.7 Å². The Kier molecular flexibility index (Phi) is 4.78. The fraction of sp³-hybridized carbons (Fsp3) is 0.429. The average molecular weight is 155 g/mol. The van der Waals surface area contributed by atoms with Gasteiger partial charge in [-0.25, -0.2) is 4.79 Å². The molecule has 0 fully saturated rings. The van der Waals surface area contributed by atoms with E-state index in [1.807, 2.05) is 6.07 Å². The number of aliphatic carboxylic acids is 1. The number of aliphatic hydroxyl groups excluding tert-OH is 1. The van der Waals surface area contributed by atoms with Crippen LogP contribution in [-0.4, -0.2) is 22.8 Å². The fourth-order valence-corrected chi connectivity index (χ4v) is 0.597. The molecule has 0 saturated carbocycles. The van der Waals surface area contributed by atoms with Crippen molar-refractivity contribution in [1.82, 2.24) is 0 Å². The molecule has 0 aliphatic carbocycles. The van der Waals surface area contributed by atoms with Crippen molar-refractivity contribution in [2.75, 3.05) is 6.61 Å².